The molecule has 3 aliphatic rings. The lowest BCUT2D eigenvalue weighted by atomic mass is 9.88. The summed E-state index contributed by atoms with van der Waals surface area (Å²) in [6.07, 6.45) is 1.55. The predicted octanol–water partition coefficient (Wildman–Crippen LogP) is 3.55. The monoisotopic (exact) mass is 582 g/mol. The number of carbonyl (C=O) groups excluding carboxylic acids is 2. The van der Waals surface area contributed by atoms with Gasteiger partial charge in [0.15, 0.2) is 0 Å². The van der Waals surface area contributed by atoms with Gasteiger partial charge < -0.3 is 15.0 Å². The summed E-state index contributed by atoms with van der Waals surface area (Å²) in [6, 6.07) is 7.00. The maximum atomic E-state index is 14.1. The number of piperidine rings is 2. The number of benzene rings is 2. The first-order chi connectivity index (χ1) is 18.6. The molecule has 3 heterocycles. The van der Waals surface area contributed by atoms with Crippen molar-refractivity contribution in [3.8, 4) is 0 Å². The van der Waals surface area contributed by atoms with Gasteiger partial charge in [0.25, 0.3) is 0 Å². The first-order valence-corrected chi connectivity index (χ1v) is 14.6. The molecule has 0 bridgehead atoms. The summed E-state index contributed by atoms with van der Waals surface area (Å²) in [6.45, 7) is 0.767. The van der Waals surface area contributed by atoms with Crippen LogP contribution >= 0.6 is 11.6 Å². The summed E-state index contributed by atoms with van der Waals surface area (Å²) in [4.78, 5) is 26.6. The molecule has 2 N–H and O–H groups in total. The second-order valence-electron chi connectivity index (χ2n) is 10.1. The summed E-state index contributed by atoms with van der Waals surface area (Å²) in [7, 11) is -4.17. The topological polar surface area (TPSA) is 108 Å². The smallest absolute Gasteiger partial charge is 0.409 e. The highest BCUT2D eigenvalue weighted by Gasteiger charge is 2.46. The van der Waals surface area contributed by atoms with E-state index in [1.807, 2.05) is 0 Å². The van der Waals surface area contributed by atoms with Crippen LogP contribution in [0.25, 0.3) is 0 Å². The molecule has 210 valence electrons. The molecule has 9 nitrogen and oxygen atoms in total. The van der Waals surface area contributed by atoms with Gasteiger partial charge in [-0.15, -0.1) is 0 Å². The average Bonchev–Trinajstić information content (AvgIpc) is 3.26. The second-order valence-corrected chi connectivity index (χ2v) is 12.4. The first-order valence-electron chi connectivity index (χ1n) is 12.8. The highest BCUT2D eigenvalue weighted by Crippen LogP contribution is 2.39. The normalized spacial score (nSPS) is 23.6. The molecule has 39 heavy (non-hydrogen) atoms. The number of nitrogens with zero attached hydrogens (tertiary/aromatic N) is 2. The quantitative estimate of drug-likeness (QED) is 0.558. The maximum Gasteiger partial charge on any atom is 0.409 e. The van der Waals surface area contributed by atoms with Crippen molar-refractivity contribution in [2.75, 3.05) is 26.4 Å². The van der Waals surface area contributed by atoms with Crippen LogP contribution in [0.15, 0.2) is 47.4 Å². The van der Waals surface area contributed by atoms with Gasteiger partial charge in [0.05, 0.1) is 23.6 Å². The number of ether oxygens (including phenoxy) is 1. The Bertz CT molecular complexity index is 1330. The zero-order valence-corrected chi connectivity index (χ0v) is 22.6. The Labute approximate surface area is 230 Å². The van der Waals surface area contributed by atoms with E-state index in [4.69, 9.17) is 16.3 Å². The average molecular weight is 583 g/mol. The molecule has 2 aromatic rings. The van der Waals surface area contributed by atoms with Gasteiger partial charge in [-0.25, -0.2) is 22.0 Å². The van der Waals surface area contributed by atoms with Gasteiger partial charge in [-0.3, -0.25) is 10.1 Å². The number of sulfonamides is 1. The molecule has 3 saturated heterocycles. The number of rotatable bonds is 5. The van der Waals surface area contributed by atoms with Crippen LogP contribution in [0.3, 0.4) is 0 Å². The molecule has 2 aromatic carbocycles. The lowest BCUT2D eigenvalue weighted by Crippen LogP contribution is -2.56. The molecule has 0 unspecified atom stereocenters. The van der Waals surface area contributed by atoms with Crippen LogP contribution in [0.5, 0.6) is 0 Å². The molecule has 0 saturated carbocycles. The Balaban J connectivity index is 1.36. The molecule has 5 rings (SSSR count). The van der Waals surface area contributed by atoms with Gasteiger partial charge in [-0.1, -0.05) is 11.6 Å². The molecule has 3 fully saturated rings. The van der Waals surface area contributed by atoms with Crippen LogP contribution in [-0.4, -0.2) is 67.6 Å². The van der Waals surface area contributed by atoms with Crippen molar-refractivity contribution in [1.29, 1.82) is 0 Å². The number of carbonyl (C=O) groups is 2. The third-order valence-electron chi connectivity index (χ3n) is 7.73. The molecule has 0 radical (unpaired) electrons. The van der Waals surface area contributed by atoms with Crippen molar-refractivity contribution in [1.82, 2.24) is 19.8 Å². The molecule has 1 spiro atoms. The standard InChI is InChI=1S/C26H29ClF2N4O5S/c27-18-4-6-22(7-5-18)39(36,37)33-21(2-1-3-23(33)17-12-19(28)14-20(29)13-17)15-38-25(35)32-10-8-26(9-11-32)24(34)30-16-31-26/h4-7,12-14,21,23,31H,1-3,8-11,15-16H2,(H,30,34)/t21-,23+/m1/s1. The predicted molar refractivity (Wildman–Crippen MR) is 138 cm³/mol. The van der Waals surface area contributed by atoms with Crippen LogP contribution in [0.1, 0.15) is 43.7 Å². The minimum absolute atomic E-state index is 0.0318. The zero-order valence-electron chi connectivity index (χ0n) is 21.0. The van der Waals surface area contributed by atoms with E-state index < -0.39 is 45.4 Å². The van der Waals surface area contributed by atoms with Gasteiger partial charge in [0, 0.05) is 24.2 Å². The molecule has 3 aliphatic heterocycles. The van der Waals surface area contributed by atoms with E-state index in [0.29, 0.717) is 56.9 Å². The van der Waals surface area contributed by atoms with Crippen LogP contribution in [0.2, 0.25) is 5.02 Å². The molecular weight excluding hydrogens is 554 g/mol. The number of nitrogens with one attached hydrogen (secondary N) is 2. The van der Waals surface area contributed by atoms with Gasteiger partial charge in [-0.2, -0.15) is 4.31 Å². The Morgan fingerprint density at radius 3 is 2.36 bits per heavy atom. The summed E-state index contributed by atoms with van der Waals surface area (Å²) in [5.74, 6) is -1.70. The largest absolute Gasteiger partial charge is 0.448 e. The van der Waals surface area contributed by atoms with Gasteiger partial charge >= 0.3 is 6.09 Å². The fraction of sp³-hybridized carbons (Fsp3) is 0.462. The summed E-state index contributed by atoms with van der Waals surface area (Å²) >= 11 is 5.96. The summed E-state index contributed by atoms with van der Waals surface area (Å²) < 4.78 is 62.9. The van der Waals surface area contributed by atoms with E-state index in [-0.39, 0.29) is 23.0 Å². The molecule has 0 aliphatic carbocycles. The van der Waals surface area contributed by atoms with Crippen LogP contribution < -0.4 is 10.6 Å². The Morgan fingerprint density at radius 2 is 1.74 bits per heavy atom. The molecular formula is C26H29ClF2N4O5S. The Kier molecular flexibility index (Phi) is 7.82. The first kappa shape index (κ1) is 27.8. The Hall–Kier alpha value is -2.80. The Morgan fingerprint density at radius 1 is 1.08 bits per heavy atom. The number of amides is 2. The van der Waals surface area contributed by atoms with E-state index in [1.54, 1.807) is 0 Å². The summed E-state index contributed by atoms with van der Waals surface area (Å²) in [5.41, 5.74) is -0.499. The fourth-order valence-electron chi connectivity index (χ4n) is 5.66. The second kappa shape index (κ2) is 11.0. The molecule has 13 heteroatoms. The van der Waals surface area contributed by atoms with Crippen molar-refractivity contribution in [2.45, 2.75) is 54.6 Å². The van der Waals surface area contributed by atoms with E-state index in [2.05, 4.69) is 10.6 Å². The van der Waals surface area contributed by atoms with Crippen molar-refractivity contribution >= 4 is 33.6 Å². The SMILES string of the molecule is O=C(OC[C@H]1CCC[C@@H](c2cc(F)cc(F)c2)N1S(=O)(=O)c1ccc(Cl)cc1)N1CCC2(CC1)NCNC2=O. The highest BCUT2D eigenvalue weighted by molar-refractivity contribution is 7.89. The van der Waals surface area contributed by atoms with Crippen LogP contribution in [0, 0.1) is 11.6 Å². The van der Waals surface area contributed by atoms with Crippen LogP contribution in [0.4, 0.5) is 13.6 Å². The third kappa shape index (κ3) is 5.60. The summed E-state index contributed by atoms with van der Waals surface area (Å²) in [5, 5.41) is 6.27. The van der Waals surface area contributed by atoms with E-state index in [1.165, 1.54) is 33.5 Å². The number of hydrogen-bond donors (Lipinski definition) is 2. The minimum Gasteiger partial charge on any atom is -0.448 e. The van der Waals surface area contributed by atoms with Gasteiger partial charge in [0.2, 0.25) is 15.9 Å². The molecule has 2 atom stereocenters. The number of likely N-dealkylation sites (tertiary alicyclic amines) is 1. The molecule has 0 aromatic heterocycles. The minimum atomic E-state index is -4.17. The van der Waals surface area contributed by atoms with Crippen molar-refractivity contribution in [3.05, 3.63) is 64.7 Å². The number of hydrogen-bond acceptors (Lipinski definition) is 6. The van der Waals surface area contributed by atoms with Crippen LogP contribution in [-0.2, 0) is 19.6 Å². The highest BCUT2D eigenvalue weighted by atomic mass is 35.5. The maximum absolute atomic E-state index is 14.1. The van der Waals surface area contributed by atoms with Gasteiger partial charge in [0.1, 0.15) is 23.8 Å². The molecule has 2 amide bonds. The van der Waals surface area contributed by atoms with Crippen molar-refractivity contribution in [2.24, 2.45) is 0 Å². The zero-order chi connectivity index (χ0) is 27.8. The number of halogens is 3. The van der Waals surface area contributed by atoms with E-state index in [0.717, 1.165) is 18.2 Å². The van der Waals surface area contributed by atoms with Crippen molar-refractivity contribution < 1.29 is 31.5 Å². The fourth-order valence-corrected chi connectivity index (χ4v) is 7.63. The van der Waals surface area contributed by atoms with E-state index in [9.17, 15) is 26.8 Å². The lowest BCUT2D eigenvalue weighted by molar-refractivity contribution is -0.125. The van der Waals surface area contributed by atoms with E-state index >= 15 is 0 Å². The van der Waals surface area contributed by atoms with Crippen molar-refractivity contribution in [3.63, 3.8) is 0 Å². The lowest BCUT2D eigenvalue weighted by Gasteiger charge is -2.41. The third-order valence-corrected chi connectivity index (χ3v) is 9.95. The van der Waals surface area contributed by atoms with Gasteiger partial charge in [-0.05, 0) is 74.1 Å².